The highest BCUT2D eigenvalue weighted by Gasteiger charge is 2.22. The molecule has 1 aromatic heterocycles. The number of carbonyl (C=O) groups excluding carboxylic acids is 1. The molecule has 3 aromatic rings. The summed E-state index contributed by atoms with van der Waals surface area (Å²) in [5, 5.41) is 17.6. The van der Waals surface area contributed by atoms with Crippen LogP contribution in [0.4, 0.5) is 0 Å². The Balaban J connectivity index is 1.53. The molecule has 1 unspecified atom stereocenters. The van der Waals surface area contributed by atoms with Crippen LogP contribution in [0.3, 0.4) is 0 Å². The molecule has 1 atom stereocenters. The minimum atomic E-state index is -0.159. The second kappa shape index (κ2) is 8.68. The lowest BCUT2D eigenvalue weighted by atomic mass is 10.0. The van der Waals surface area contributed by atoms with Gasteiger partial charge in [-0.1, -0.05) is 36.4 Å². The van der Waals surface area contributed by atoms with Crippen LogP contribution in [0.2, 0.25) is 0 Å². The molecule has 28 heavy (non-hydrogen) atoms. The van der Waals surface area contributed by atoms with E-state index < -0.39 is 0 Å². The topological polar surface area (TPSA) is 77.5 Å². The molecule has 7 heteroatoms. The molecule has 2 heterocycles. The van der Waals surface area contributed by atoms with Gasteiger partial charge < -0.3 is 15.7 Å². The van der Waals surface area contributed by atoms with E-state index in [2.05, 4.69) is 19.9 Å². The molecule has 6 nitrogen and oxygen atoms in total. The van der Waals surface area contributed by atoms with Crippen LogP contribution in [0, 0.1) is 0 Å². The molecule has 4 rings (SSSR count). The highest BCUT2D eigenvalue weighted by atomic mass is 32.1. The maximum Gasteiger partial charge on any atom is 0.271 e. The SMILES string of the molecule is O=C(NC(Cc1ccccc1O)CN1CCNCC1)c1nsc2ccccc12. The first kappa shape index (κ1) is 18.9. The number of hydrogen-bond acceptors (Lipinski definition) is 6. The summed E-state index contributed by atoms with van der Waals surface area (Å²) >= 11 is 1.34. The van der Waals surface area contributed by atoms with Crippen molar-refractivity contribution in [3.63, 3.8) is 0 Å². The van der Waals surface area contributed by atoms with Crippen LogP contribution in [0.15, 0.2) is 48.5 Å². The number of carbonyl (C=O) groups is 1. The standard InChI is InChI=1S/C21H24N4O2S/c26-18-7-3-1-5-15(18)13-16(14-25-11-9-22-10-12-25)23-21(27)20-17-6-2-4-8-19(17)28-24-20/h1-8,16,22,26H,9-14H2,(H,23,27). The van der Waals surface area contributed by atoms with Crippen LogP contribution in [0.1, 0.15) is 16.1 Å². The average Bonchev–Trinajstić information content (AvgIpc) is 3.15. The Bertz CT molecular complexity index is 952. The molecule has 1 aliphatic heterocycles. The molecule has 0 bridgehead atoms. The highest BCUT2D eigenvalue weighted by Crippen LogP contribution is 2.23. The monoisotopic (exact) mass is 396 g/mol. The molecule has 0 aliphatic carbocycles. The van der Waals surface area contributed by atoms with E-state index in [1.54, 1.807) is 6.07 Å². The molecule has 146 valence electrons. The number of nitrogens with zero attached hydrogens (tertiary/aromatic N) is 2. The molecule has 1 amide bonds. The number of phenols is 1. The van der Waals surface area contributed by atoms with Gasteiger partial charge in [0.2, 0.25) is 0 Å². The fraction of sp³-hybridized carbons (Fsp3) is 0.333. The summed E-state index contributed by atoms with van der Waals surface area (Å²) in [7, 11) is 0. The third-order valence-corrected chi connectivity index (χ3v) is 5.90. The van der Waals surface area contributed by atoms with Gasteiger partial charge in [-0.15, -0.1) is 0 Å². The molecule has 0 spiro atoms. The number of aromatic hydroxyl groups is 1. The molecular formula is C21H24N4O2S. The maximum atomic E-state index is 13.0. The van der Waals surface area contributed by atoms with Gasteiger partial charge in [0.15, 0.2) is 0 Å². The van der Waals surface area contributed by atoms with E-state index in [1.165, 1.54) is 11.5 Å². The predicted molar refractivity (Wildman–Crippen MR) is 112 cm³/mol. The first-order valence-corrected chi connectivity index (χ1v) is 10.3. The largest absolute Gasteiger partial charge is 0.508 e. The summed E-state index contributed by atoms with van der Waals surface area (Å²) in [4.78, 5) is 15.3. The van der Waals surface area contributed by atoms with E-state index in [9.17, 15) is 9.90 Å². The van der Waals surface area contributed by atoms with Crippen LogP contribution < -0.4 is 10.6 Å². The van der Waals surface area contributed by atoms with E-state index in [0.29, 0.717) is 12.1 Å². The summed E-state index contributed by atoms with van der Waals surface area (Å²) in [6, 6.07) is 15.0. The Labute approximate surface area is 168 Å². The Morgan fingerprint density at radius 2 is 1.93 bits per heavy atom. The summed E-state index contributed by atoms with van der Waals surface area (Å²) < 4.78 is 5.38. The van der Waals surface area contributed by atoms with Crippen molar-refractivity contribution in [2.45, 2.75) is 12.5 Å². The van der Waals surface area contributed by atoms with Crippen LogP contribution in [0.25, 0.3) is 10.1 Å². The number of piperazine rings is 1. The van der Waals surface area contributed by atoms with E-state index in [0.717, 1.165) is 48.4 Å². The molecular weight excluding hydrogens is 372 g/mol. The number of aromatic nitrogens is 1. The lowest BCUT2D eigenvalue weighted by Gasteiger charge is -2.31. The normalized spacial score (nSPS) is 16.1. The molecule has 2 aromatic carbocycles. The first-order chi connectivity index (χ1) is 13.7. The number of rotatable bonds is 6. The second-order valence-electron chi connectivity index (χ2n) is 7.08. The van der Waals surface area contributed by atoms with Gasteiger partial charge in [0.25, 0.3) is 5.91 Å². The van der Waals surface area contributed by atoms with Crippen molar-refractivity contribution in [2.75, 3.05) is 32.7 Å². The van der Waals surface area contributed by atoms with Gasteiger partial charge in [-0.2, -0.15) is 4.37 Å². The van der Waals surface area contributed by atoms with Crippen molar-refractivity contribution >= 4 is 27.5 Å². The van der Waals surface area contributed by atoms with Crippen LogP contribution in [0.5, 0.6) is 5.75 Å². The second-order valence-corrected chi connectivity index (χ2v) is 7.89. The van der Waals surface area contributed by atoms with Crippen molar-refractivity contribution < 1.29 is 9.90 Å². The van der Waals surface area contributed by atoms with E-state index in [-0.39, 0.29) is 17.7 Å². The number of amides is 1. The summed E-state index contributed by atoms with van der Waals surface area (Å²) in [5.74, 6) is 0.106. The molecule has 0 saturated carbocycles. The number of nitrogens with one attached hydrogen (secondary N) is 2. The van der Waals surface area contributed by atoms with Crippen molar-refractivity contribution in [1.29, 1.82) is 0 Å². The van der Waals surface area contributed by atoms with Crippen molar-refractivity contribution in [2.24, 2.45) is 0 Å². The Kier molecular flexibility index (Phi) is 5.85. The Hall–Kier alpha value is -2.48. The smallest absolute Gasteiger partial charge is 0.271 e. The lowest BCUT2D eigenvalue weighted by Crippen LogP contribution is -2.51. The van der Waals surface area contributed by atoms with Gasteiger partial charge in [0.1, 0.15) is 11.4 Å². The Morgan fingerprint density at radius 1 is 1.18 bits per heavy atom. The van der Waals surface area contributed by atoms with Gasteiger partial charge in [-0.25, -0.2) is 0 Å². The van der Waals surface area contributed by atoms with Gasteiger partial charge in [-0.3, -0.25) is 9.69 Å². The number of hydrogen-bond donors (Lipinski definition) is 3. The zero-order chi connectivity index (χ0) is 19.3. The third kappa shape index (κ3) is 4.32. The number of phenolic OH excluding ortho intramolecular Hbond substituents is 1. The molecule has 1 fully saturated rings. The van der Waals surface area contributed by atoms with Gasteiger partial charge in [-0.05, 0) is 35.6 Å². The fourth-order valence-corrected chi connectivity index (χ4v) is 4.39. The number of fused-ring (bicyclic) bond motifs is 1. The maximum absolute atomic E-state index is 13.0. The number of para-hydroxylation sites is 1. The zero-order valence-electron chi connectivity index (χ0n) is 15.6. The van der Waals surface area contributed by atoms with E-state index in [1.807, 2.05) is 42.5 Å². The highest BCUT2D eigenvalue weighted by molar-refractivity contribution is 7.13. The third-order valence-electron chi connectivity index (χ3n) is 5.07. The van der Waals surface area contributed by atoms with Crippen molar-refractivity contribution in [1.82, 2.24) is 19.9 Å². The summed E-state index contributed by atoms with van der Waals surface area (Å²) in [6.45, 7) is 4.55. The van der Waals surface area contributed by atoms with Gasteiger partial charge in [0, 0.05) is 44.2 Å². The van der Waals surface area contributed by atoms with Crippen LogP contribution >= 0.6 is 11.5 Å². The minimum Gasteiger partial charge on any atom is -0.508 e. The van der Waals surface area contributed by atoms with Crippen molar-refractivity contribution in [3.8, 4) is 5.75 Å². The summed E-state index contributed by atoms with van der Waals surface area (Å²) in [5.41, 5.74) is 1.31. The van der Waals surface area contributed by atoms with E-state index >= 15 is 0 Å². The lowest BCUT2D eigenvalue weighted by molar-refractivity contribution is 0.0919. The Morgan fingerprint density at radius 3 is 2.75 bits per heavy atom. The quantitative estimate of drug-likeness (QED) is 0.596. The molecule has 1 saturated heterocycles. The van der Waals surface area contributed by atoms with Crippen LogP contribution in [-0.2, 0) is 6.42 Å². The molecule has 0 radical (unpaired) electrons. The van der Waals surface area contributed by atoms with E-state index in [4.69, 9.17) is 0 Å². The minimum absolute atomic E-state index is 0.112. The average molecular weight is 397 g/mol. The predicted octanol–water partition coefficient (Wildman–Crippen LogP) is 2.25. The van der Waals surface area contributed by atoms with Crippen LogP contribution in [-0.4, -0.2) is 59.1 Å². The number of benzene rings is 2. The fourth-order valence-electron chi connectivity index (χ4n) is 3.62. The molecule has 3 N–H and O–H groups in total. The van der Waals surface area contributed by atoms with Gasteiger partial charge in [0.05, 0.1) is 4.70 Å². The molecule has 1 aliphatic rings. The van der Waals surface area contributed by atoms with Gasteiger partial charge >= 0.3 is 0 Å². The van der Waals surface area contributed by atoms with Crippen molar-refractivity contribution in [3.05, 3.63) is 59.8 Å². The first-order valence-electron chi connectivity index (χ1n) is 9.56. The zero-order valence-corrected chi connectivity index (χ0v) is 16.4. The summed E-state index contributed by atoms with van der Waals surface area (Å²) in [6.07, 6.45) is 0.574.